The summed E-state index contributed by atoms with van der Waals surface area (Å²) in [5.41, 5.74) is -0.821. The summed E-state index contributed by atoms with van der Waals surface area (Å²) >= 11 is 0. The third kappa shape index (κ3) is 2.64. The van der Waals surface area contributed by atoms with Crippen LogP contribution >= 0.6 is 0 Å². The van der Waals surface area contributed by atoms with E-state index in [0.717, 1.165) is 12.1 Å². The van der Waals surface area contributed by atoms with Gasteiger partial charge in [0.25, 0.3) is 0 Å². The maximum absolute atomic E-state index is 12.5. The Kier molecular flexibility index (Phi) is 2.85. The summed E-state index contributed by atoms with van der Waals surface area (Å²) in [5.74, 6) is 0. The maximum atomic E-state index is 12.5. The summed E-state index contributed by atoms with van der Waals surface area (Å²) in [4.78, 5) is 3.93. The van der Waals surface area contributed by atoms with E-state index in [1.807, 2.05) is 0 Å². The molecule has 98 valence electrons. The molecule has 1 N–H and O–H groups in total. The van der Waals surface area contributed by atoms with Gasteiger partial charge in [-0.05, 0) is 32.0 Å². The highest BCUT2D eigenvalue weighted by atomic mass is 19.4. The molecule has 0 saturated carbocycles. The fourth-order valence-electron chi connectivity index (χ4n) is 1.78. The fourth-order valence-corrected chi connectivity index (χ4v) is 1.78. The summed E-state index contributed by atoms with van der Waals surface area (Å²) in [7, 11) is 0. The van der Waals surface area contributed by atoms with Gasteiger partial charge in [0.2, 0.25) is 0 Å². The predicted octanol–water partition coefficient (Wildman–Crippen LogP) is 2.83. The summed E-state index contributed by atoms with van der Waals surface area (Å²) in [6, 6.07) is 3.40. The quantitative estimate of drug-likeness (QED) is 0.899. The lowest BCUT2D eigenvalue weighted by Gasteiger charge is -2.18. The van der Waals surface area contributed by atoms with Crippen molar-refractivity contribution < 1.29 is 18.3 Å². The van der Waals surface area contributed by atoms with E-state index < -0.39 is 17.3 Å². The van der Waals surface area contributed by atoms with Crippen molar-refractivity contribution >= 4 is 11.0 Å². The Labute approximate surface area is 102 Å². The number of imidazole rings is 1. The van der Waals surface area contributed by atoms with E-state index in [0.29, 0.717) is 5.52 Å². The molecule has 1 aromatic carbocycles. The second kappa shape index (κ2) is 3.98. The minimum absolute atomic E-state index is 0.272. The Morgan fingerprint density at radius 3 is 2.50 bits per heavy atom. The van der Waals surface area contributed by atoms with Gasteiger partial charge in [-0.1, -0.05) is 0 Å². The van der Waals surface area contributed by atoms with Gasteiger partial charge in [0.05, 0.1) is 35.1 Å². The zero-order valence-corrected chi connectivity index (χ0v) is 9.99. The van der Waals surface area contributed by atoms with Crippen molar-refractivity contribution in [1.82, 2.24) is 9.55 Å². The molecule has 0 aliphatic heterocycles. The molecule has 2 aromatic rings. The second-order valence-electron chi connectivity index (χ2n) is 4.89. The number of hydrogen-bond acceptors (Lipinski definition) is 2. The van der Waals surface area contributed by atoms with Crippen molar-refractivity contribution in [2.45, 2.75) is 32.2 Å². The number of aliphatic hydroxyl groups is 1. The van der Waals surface area contributed by atoms with E-state index in [1.165, 1.54) is 12.4 Å². The van der Waals surface area contributed by atoms with Gasteiger partial charge in [-0.3, -0.25) is 0 Å². The first-order chi connectivity index (χ1) is 8.17. The molecule has 1 aromatic heterocycles. The molecule has 0 amide bonds. The highest BCUT2D eigenvalue weighted by molar-refractivity contribution is 5.76. The normalized spacial score (nSPS) is 13.2. The van der Waals surface area contributed by atoms with Crippen molar-refractivity contribution in [1.29, 1.82) is 0 Å². The average Bonchev–Trinajstić information content (AvgIpc) is 2.57. The Hall–Kier alpha value is -1.56. The van der Waals surface area contributed by atoms with E-state index in [9.17, 15) is 18.3 Å². The van der Waals surface area contributed by atoms with Gasteiger partial charge in [-0.25, -0.2) is 4.98 Å². The van der Waals surface area contributed by atoms with Crippen LogP contribution in [0.4, 0.5) is 13.2 Å². The molecule has 18 heavy (non-hydrogen) atoms. The van der Waals surface area contributed by atoms with Crippen LogP contribution in [0.1, 0.15) is 19.4 Å². The monoisotopic (exact) mass is 258 g/mol. The SMILES string of the molecule is CC(C)(O)Cn1cnc2cc(C(F)(F)F)ccc21. The molecule has 0 saturated heterocycles. The van der Waals surface area contributed by atoms with E-state index in [2.05, 4.69) is 4.98 Å². The lowest BCUT2D eigenvalue weighted by atomic mass is 10.1. The van der Waals surface area contributed by atoms with Crippen molar-refractivity contribution in [3.05, 3.63) is 30.1 Å². The Bertz CT molecular complexity index is 567. The zero-order valence-electron chi connectivity index (χ0n) is 9.99. The Balaban J connectivity index is 2.44. The summed E-state index contributed by atoms with van der Waals surface area (Å²) in [6.07, 6.45) is -2.93. The second-order valence-corrected chi connectivity index (χ2v) is 4.89. The predicted molar refractivity (Wildman–Crippen MR) is 61.0 cm³/mol. The van der Waals surface area contributed by atoms with Crippen molar-refractivity contribution in [2.75, 3.05) is 0 Å². The molecule has 2 rings (SSSR count). The number of hydrogen-bond donors (Lipinski definition) is 1. The Morgan fingerprint density at radius 2 is 1.94 bits per heavy atom. The smallest absolute Gasteiger partial charge is 0.389 e. The van der Waals surface area contributed by atoms with Crippen molar-refractivity contribution in [2.24, 2.45) is 0 Å². The number of alkyl halides is 3. The van der Waals surface area contributed by atoms with Crippen LogP contribution in [0.3, 0.4) is 0 Å². The molecular formula is C12H13F3N2O. The highest BCUT2D eigenvalue weighted by Crippen LogP contribution is 2.31. The van der Waals surface area contributed by atoms with Gasteiger partial charge in [0.15, 0.2) is 0 Å². The van der Waals surface area contributed by atoms with Gasteiger partial charge in [0, 0.05) is 0 Å². The molecule has 1 heterocycles. The third-order valence-corrected chi connectivity index (χ3v) is 2.51. The summed E-state index contributed by atoms with van der Waals surface area (Å²) < 4.78 is 39.2. The minimum Gasteiger partial charge on any atom is -0.389 e. The third-order valence-electron chi connectivity index (χ3n) is 2.51. The molecule has 0 bridgehead atoms. The lowest BCUT2D eigenvalue weighted by Crippen LogP contribution is -2.25. The lowest BCUT2D eigenvalue weighted by molar-refractivity contribution is -0.137. The summed E-state index contributed by atoms with van der Waals surface area (Å²) in [5, 5.41) is 9.70. The molecule has 0 fully saturated rings. The van der Waals surface area contributed by atoms with Gasteiger partial charge < -0.3 is 9.67 Å². The first-order valence-corrected chi connectivity index (χ1v) is 5.41. The molecule has 3 nitrogen and oxygen atoms in total. The zero-order chi connectivity index (χ0) is 13.6. The largest absolute Gasteiger partial charge is 0.416 e. The van der Waals surface area contributed by atoms with E-state index in [1.54, 1.807) is 18.4 Å². The van der Waals surface area contributed by atoms with Gasteiger partial charge in [-0.2, -0.15) is 13.2 Å². The van der Waals surface area contributed by atoms with Crippen LogP contribution in [0.5, 0.6) is 0 Å². The summed E-state index contributed by atoms with van der Waals surface area (Å²) in [6.45, 7) is 3.53. The number of fused-ring (bicyclic) bond motifs is 1. The molecule has 0 aliphatic carbocycles. The van der Waals surface area contributed by atoms with Crippen LogP contribution in [0.25, 0.3) is 11.0 Å². The number of halogens is 3. The molecule has 0 radical (unpaired) electrons. The first kappa shape index (κ1) is 12.9. The standard InChI is InChI=1S/C12H13F3N2O/c1-11(2,18)6-17-7-16-9-5-8(12(13,14)15)3-4-10(9)17/h3-5,7,18H,6H2,1-2H3. The number of nitrogens with zero attached hydrogens (tertiary/aromatic N) is 2. The van der Waals surface area contributed by atoms with Gasteiger partial charge >= 0.3 is 6.18 Å². The van der Waals surface area contributed by atoms with E-state index in [-0.39, 0.29) is 12.1 Å². The van der Waals surface area contributed by atoms with Crippen LogP contribution in [-0.2, 0) is 12.7 Å². The number of aromatic nitrogens is 2. The number of rotatable bonds is 2. The fraction of sp³-hybridized carbons (Fsp3) is 0.417. The van der Waals surface area contributed by atoms with Crippen LogP contribution in [0.15, 0.2) is 24.5 Å². The molecule has 0 spiro atoms. The molecule has 0 aliphatic rings. The van der Waals surface area contributed by atoms with E-state index >= 15 is 0 Å². The van der Waals surface area contributed by atoms with Crippen molar-refractivity contribution in [3.8, 4) is 0 Å². The van der Waals surface area contributed by atoms with Crippen LogP contribution < -0.4 is 0 Å². The molecule has 0 unspecified atom stereocenters. The Morgan fingerprint density at radius 1 is 1.28 bits per heavy atom. The average molecular weight is 258 g/mol. The van der Waals surface area contributed by atoms with Crippen LogP contribution in [0, 0.1) is 0 Å². The van der Waals surface area contributed by atoms with Gasteiger partial charge in [0.1, 0.15) is 0 Å². The van der Waals surface area contributed by atoms with Crippen molar-refractivity contribution in [3.63, 3.8) is 0 Å². The number of benzene rings is 1. The maximum Gasteiger partial charge on any atom is 0.416 e. The van der Waals surface area contributed by atoms with Gasteiger partial charge in [-0.15, -0.1) is 0 Å². The molecule has 6 heteroatoms. The van der Waals surface area contributed by atoms with Crippen LogP contribution in [0.2, 0.25) is 0 Å². The highest BCUT2D eigenvalue weighted by Gasteiger charge is 2.30. The molecular weight excluding hydrogens is 245 g/mol. The molecule has 0 atom stereocenters. The first-order valence-electron chi connectivity index (χ1n) is 5.41. The topological polar surface area (TPSA) is 38.0 Å². The van der Waals surface area contributed by atoms with Crippen LogP contribution in [-0.4, -0.2) is 20.3 Å². The minimum atomic E-state index is -4.37. The van der Waals surface area contributed by atoms with E-state index in [4.69, 9.17) is 0 Å².